The number of hydrogen-bond acceptors (Lipinski definition) is 12. The minimum atomic E-state index is -0.805. The standard InChI is InChI=1S/C23H36N4O9S2/c1-5-17(14-28)36-21(34-4)15-35-20(30)10-8-18(29)24-11-6-12-25-22(31)23(2,3)38-37-19-9-7-16(13-26-19)27(32)33/h7,9,13,17,21,28H,5-6,8,10-12,14-15H2,1-4H3,(H,24,29)(H,25,31). The Morgan fingerprint density at radius 3 is 2.50 bits per heavy atom. The first-order valence-corrected chi connectivity index (χ1v) is 14.1. The molecular formula is C23H36N4O9S2. The van der Waals surface area contributed by atoms with Crippen molar-refractivity contribution in [1.29, 1.82) is 0 Å². The highest BCUT2D eigenvalue weighted by Gasteiger charge is 2.29. The van der Waals surface area contributed by atoms with Gasteiger partial charge in [-0.25, -0.2) is 4.98 Å². The van der Waals surface area contributed by atoms with Crippen LogP contribution in [0.3, 0.4) is 0 Å². The molecule has 13 nitrogen and oxygen atoms in total. The van der Waals surface area contributed by atoms with Crippen LogP contribution in [-0.2, 0) is 28.6 Å². The molecule has 1 heterocycles. The molecule has 3 N–H and O–H groups in total. The van der Waals surface area contributed by atoms with Crippen molar-refractivity contribution in [2.45, 2.75) is 68.6 Å². The van der Waals surface area contributed by atoms with Crippen molar-refractivity contribution in [3.63, 3.8) is 0 Å². The van der Waals surface area contributed by atoms with Gasteiger partial charge in [0, 0.05) is 32.7 Å². The zero-order chi connectivity index (χ0) is 28.6. The van der Waals surface area contributed by atoms with Crippen molar-refractivity contribution in [3.05, 3.63) is 28.4 Å². The van der Waals surface area contributed by atoms with Gasteiger partial charge in [0.05, 0.1) is 28.8 Å². The highest BCUT2D eigenvalue weighted by atomic mass is 33.1. The van der Waals surface area contributed by atoms with Crippen LogP contribution in [-0.4, -0.2) is 83.4 Å². The molecule has 0 aromatic carbocycles. The molecule has 214 valence electrons. The number of aliphatic hydroxyl groups is 1. The van der Waals surface area contributed by atoms with Gasteiger partial charge < -0.3 is 30.0 Å². The first-order valence-electron chi connectivity index (χ1n) is 12.0. The van der Waals surface area contributed by atoms with Gasteiger partial charge in [-0.05, 0) is 43.5 Å². The normalized spacial score (nSPS) is 12.9. The third-order valence-corrected chi connectivity index (χ3v) is 8.09. The molecule has 0 radical (unpaired) electrons. The Bertz CT molecular complexity index is 899. The lowest BCUT2D eigenvalue weighted by Crippen LogP contribution is -2.40. The third kappa shape index (κ3) is 13.4. The summed E-state index contributed by atoms with van der Waals surface area (Å²) in [6.45, 7) is 5.69. The maximum atomic E-state index is 12.5. The zero-order valence-electron chi connectivity index (χ0n) is 22.0. The zero-order valence-corrected chi connectivity index (χ0v) is 23.6. The molecule has 2 unspecified atom stereocenters. The Morgan fingerprint density at radius 2 is 1.92 bits per heavy atom. The fourth-order valence-corrected chi connectivity index (χ4v) is 4.69. The number of nitrogens with zero attached hydrogens (tertiary/aromatic N) is 2. The van der Waals surface area contributed by atoms with E-state index >= 15 is 0 Å². The number of pyridine rings is 1. The van der Waals surface area contributed by atoms with Crippen LogP contribution in [0.25, 0.3) is 0 Å². The summed E-state index contributed by atoms with van der Waals surface area (Å²) in [6, 6.07) is 2.88. The van der Waals surface area contributed by atoms with E-state index in [4.69, 9.17) is 19.3 Å². The highest BCUT2D eigenvalue weighted by molar-refractivity contribution is 8.77. The predicted octanol–water partition coefficient (Wildman–Crippen LogP) is 2.21. The van der Waals surface area contributed by atoms with Gasteiger partial charge in [0.2, 0.25) is 11.8 Å². The lowest BCUT2D eigenvalue weighted by atomic mass is 10.2. The molecule has 0 fully saturated rings. The molecule has 0 saturated carbocycles. The van der Waals surface area contributed by atoms with E-state index in [1.54, 1.807) is 13.8 Å². The molecule has 0 aliphatic rings. The number of aromatic nitrogens is 1. The Kier molecular flexibility index (Phi) is 15.8. The van der Waals surface area contributed by atoms with Crippen LogP contribution in [0.4, 0.5) is 5.69 Å². The molecule has 1 aromatic heterocycles. The quantitative estimate of drug-likeness (QED) is 0.0547. The Labute approximate surface area is 229 Å². The summed E-state index contributed by atoms with van der Waals surface area (Å²) in [5, 5.41) is 25.9. The second-order valence-electron chi connectivity index (χ2n) is 8.45. The van der Waals surface area contributed by atoms with Crippen molar-refractivity contribution >= 4 is 45.1 Å². The fraction of sp³-hybridized carbons (Fsp3) is 0.652. The largest absolute Gasteiger partial charge is 0.460 e. The van der Waals surface area contributed by atoms with Crippen molar-refractivity contribution < 1.29 is 38.6 Å². The van der Waals surface area contributed by atoms with Crippen molar-refractivity contribution in [2.75, 3.05) is 33.4 Å². The molecule has 0 bridgehead atoms. The summed E-state index contributed by atoms with van der Waals surface area (Å²) >= 11 is 0. The average Bonchev–Trinajstić information content (AvgIpc) is 2.90. The number of ether oxygens (including phenoxy) is 3. The van der Waals surface area contributed by atoms with E-state index in [-0.39, 0.29) is 43.6 Å². The molecule has 1 rings (SSSR count). The van der Waals surface area contributed by atoms with Gasteiger partial charge in [0.15, 0.2) is 6.29 Å². The van der Waals surface area contributed by atoms with E-state index < -0.39 is 28.0 Å². The minimum Gasteiger partial charge on any atom is -0.460 e. The first-order chi connectivity index (χ1) is 18.0. The van der Waals surface area contributed by atoms with Gasteiger partial charge in [-0.2, -0.15) is 0 Å². The second-order valence-corrected chi connectivity index (χ2v) is 11.2. The summed E-state index contributed by atoms with van der Waals surface area (Å²) in [5.74, 6) is -1.09. The van der Waals surface area contributed by atoms with Crippen molar-refractivity contribution in [3.8, 4) is 0 Å². The molecule has 2 atom stereocenters. The molecule has 0 aliphatic heterocycles. The molecular weight excluding hydrogens is 540 g/mol. The summed E-state index contributed by atoms with van der Waals surface area (Å²) < 4.78 is 14.8. The number of carbonyl (C=O) groups excluding carboxylic acids is 3. The molecule has 2 amide bonds. The van der Waals surface area contributed by atoms with Gasteiger partial charge in [-0.15, -0.1) is 0 Å². The van der Waals surface area contributed by atoms with Gasteiger partial charge >= 0.3 is 5.97 Å². The van der Waals surface area contributed by atoms with Crippen LogP contribution >= 0.6 is 21.6 Å². The average molecular weight is 577 g/mol. The predicted molar refractivity (Wildman–Crippen MR) is 142 cm³/mol. The monoisotopic (exact) mass is 576 g/mol. The van der Waals surface area contributed by atoms with E-state index in [9.17, 15) is 24.5 Å². The lowest BCUT2D eigenvalue weighted by molar-refractivity contribution is -0.385. The van der Waals surface area contributed by atoms with E-state index in [2.05, 4.69) is 15.6 Å². The van der Waals surface area contributed by atoms with E-state index in [1.165, 1.54) is 47.0 Å². The van der Waals surface area contributed by atoms with Crippen molar-refractivity contribution in [2.24, 2.45) is 0 Å². The van der Waals surface area contributed by atoms with Crippen LogP contribution in [0.15, 0.2) is 23.4 Å². The second kappa shape index (κ2) is 17.9. The molecule has 38 heavy (non-hydrogen) atoms. The van der Waals surface area contributed by atoms with Gasteiger partial charge in [-0.1, -0.05) is 17.7 Å². The molecule has 0 spiro atoms. The lowest BCUT2D eigenvalue weighted by Gasteiger charge is -2.22. The van der Waals surface area contributed by atoms with Crippen LogP contribution in [0.1, 0.15) is 46.5 Å². The highest BCUT2D eigenvalue weighted by Crippen LogP contribution is 2.40. The summed E-state index contributed by atoms with van der Waals surface area (Å²) in [5.41, 5.74) is -0.103. The molecule has 0 aliphatic carbocycles. The summed E-state index contributed by atoms with van der Waals surface area (Å²) in [4.78, 5) is 50.5. The number of carbonyl (C=O) groups is 3. The molecule has 0 saturated heterocycles. The Hall–Kier alpha value is -2.46. The summed E-state index contributed by atoms with van der Waals surface area (Å²) in [7, 11) is 3.92. The Balaban J connectivity index is 2.21. The molecule has 15 heteroatoms. The number of rotatable bonds is 19. The minimum absolute atomic E-state index is 0.0461. The van der Waals surface area contributed by atoms with Crippen LogP contribution in [0.2, 0.25) is 0 Å². The third-order valence-electron chi connectivity index (χ3n) is 4.98. The van der Waals surface area contributed by atoms with Crippen molar-refractivity contribution in [1.82, 2.24) is 15.6 Å². The topological polar surface area (TPSA) is 179 Å². The number of nitro groups is 1. The maximum Gasteiger partial charge on any atom is 0.306 e. The van der Waals surface area contributed by atoms with Gasteiger partial charge in [0.25, 0.3) is 5.69 Å². The SMILES string of the molecule is CCC(CO)OC(COC(=O)CCC(=O)NCCCNC(=O)C(C)(C)SSc1ccc([N+](=O)[O-])cn1)OC. The first kappa shape index (κ1) is 33.6. The smallest absolute Gasteiger partial charge is 0.306 e. The van der Waals surface area contributed by atoms with Crippen LogP contribution in [0, 0.1) is 10.1 Å². The van der Waals surface area contributed by atoms with Gasteiger partial charge in [-0.3, -0.25) is 24.5 Å². The fourth-order valence-electron chi connectivity index (χ4n) is 2.63. The van der Waals surface area contributed by atoms with Crippen LogP contribution < -0.4 is 10.6 Å². The number of methoxy groups -OCH3 is 1. The Morgan fingerprint density at radius 1 is 1.21 bits per heavy atom. The molecule has 1 aromatic rings. The number of aliphatic hydroxyl groups excluding tert-OH is 1. The number of amides is 2. The maximum absolute atomic E-state index is 12.5. The van der Waals surface area contributed by atoms with E-state index in [1.807, 2.05) is 6.92 Å². The number of nitrogens with one attached hydrogen (secondary N) is 2. The van der Waals surface area contributed by atoms with Crippen LogP contribution in [0.5, 0.6) is 0 Å². The number of hydrogen-bond donors (Lipinski definition) is 3. The van der Waals surface area contributed by atoms with Gasteiger partial charge in [0.1, 0.15) is 17.8 Å². The number of esters is 1. The van der Waals surface area contributed by atoms with E-state index in [0.29, 0.717) is 31.0 Å². The summed E-state index contributed by atoms with van der Waals surface area (Å²) in [6.07, 6.45) is 0.862. The van der Waals surface area contributed by atoms with E-state index in [0.717, 1.165) is 0 Å².